The van der Waals surface area contributed by atoms with Crippen molar-refractivity contribution in [2.75, 3.05) is 14.1 Å². The number of benzene rings is 1. The molecule has 16 heavy (non-hydrogen) atoms. The van der Waals surface area contributed by atoms with E-state index in [1.165, 1.54) is 11.0 Å². The van der Waals surface area contributed by atoms with Crippen molar-refractivity contribution in [1.29, 1.82) is 5.41 Å². The Kier molecular flexibility index (Phi) is 3.11. The molecule has 0 saturated heterocycles. The molecule has 0 bridgehead atoms. The summed E-state index contributed by atoms with van der Waals surface area (Å²) in [6.07, 6.45) is -4.62. The van der Waals surface area contributed by atoms with Crippen LogP contribution >= 0.6 is 0 Å². The number of phenolic OH excluding ortho intramolecular Hbond substituents is 1. The van der Waals surface area contributed by atoms with Crippen molar-refractivity contribution in [3.8, 4) is 5.75 Å². The van der Waals surface area contributed by atoms with E-state index in [1.807, 2.05) is 0 Å². The lowest BCUT2D eigenvalue weighted by molar-refractivity contribution is -0.138. The van der Waals surface area contributed by atoms with E-state index >= 15 is 0 Å². The molecule has 0 aliphatic rings. The Labute approximate surface area is 90.6 Å². The van der Waals surface area contributed by atoms with E-state index in [0.29, 0.717) is 0 Å². The zero-order valence-corrected chi connectivity index (χ0v) is 8.76. The molecule has 1 aromatic rings. The predicted octanol–water partition coefficient (Wildman–Crippen LogP) is 2.30. The van der Waals surface area contributed by atoms with Gasteiger partial charge < -0.3 is 10.0 Å². The molecule has 0 unspecified atom stereocenters. The Bertz CT molecular complexity index is 413. The number of hydrogen-bond donors (Lipinski definition) is 2. The van der Waals surface area contributed by atoms with Crippen LogP contribution in [0.2, 0.25) is 0 Å². The van der Waals surface area contributed by atoms with Crippen molar-refractivity contribution in [1.82, 2.24) is 4.90 Å². The van der Waals surface area contributed by atoms with Gasteiger partial charge >= 0.3 is 6.18 Å². The van der Waals surface area contributed by atoms with E-state index in [9.17, 15) is 13.2 Å². The molecule has 1 rings (SSSR count). The molecule has 0 fully saturated rings. The molecule has 0 amide bonds. The summed E-state index contributed by atoms with van der Waals surface area (Å²) < 4.78 is 37.3. The fraction of sp³-hybridized carbons (Fsp3) is 0.300. The quantitative estimate of drug-likeness (QED) is 0.576. The molecule has 0 aliphatic carbocycles. The molecule has 0 atom stereocenters. The molecule has 0 radical (unpaired) electrons. The summed E-state index contributed by atoms with van der Waals surface area (Å²) in [5.74, 6) is -0.881. The zero-order chi connectivity index (χ0) is 12.5. The minimum atomic E-state index is -4.62. The maximum atomic E-state index is 12.4. The van der Waals surface area contributed by atoms with Crippen LogP contribution in [0.4, 0.5) is 13.2 Å². The SMILES string of the molecule is CN(C)C(=N)c1ccc(O)c(C(F)(F)F)c1. The van der Waals surface area contributed by atoms with Gasteiger partial charge in [0.1, 0.15) is 11.6 Å². The number of halogens is 3. The summed E-state index contributed by atoms with van der Waals surface area (Å²) in [4.78, 5) is 1.38. The van der Waals surface area contributed by atoms with Crippen LogP contribution in [0.5, 0.6) is 5.75 Å². The Morgan fingerprint density at radius 1 is 1.31 bits per heavy atom. The van der Waals surface area contributed by atoms with E-state index in [2.05, 4.69) is 0 Å². The zero-order valence-electron chi connectivity index (χ0n) is 8.76. The second kappa shape index (κ2) is 4.03. The Hall–Kier alpha value is -1.72. The van der Waals surface area contributed by atoms with Crippen LogP contribution in [-0.4, -0.2) is 29.9 Å². The fourth-order valence-electron chi connectivity index (χ4n) is 1.17. The molecule has 2 N–H and O–H groups in total. The van der Waals surface area contributed by atoms with Crippen molar-refractivity contribution in [2.24, 2.45) is 0 Å². The molecule has 1 aromatic carbocycles. The van der Waals surface area contributed by atoms with Gasteiger partial charge in [0.2, 0.25) is 0 Å². The van der Waals surface area contributed by atoms with Crippen LogP contribution in [-0.2, 0) is 6.18 Å². The average Bonchev–Trinajstić information content (AvgIpc) is 2.15. The van der Waals surface area contributed by atoms with Gasteiger partial charge in [0.15, 0.2) is 0 Å². The van der Waals surface area contributed by atoms with Crippen molar-refractivity contribution in [2.45, 2.75) is 6.18 Å². The second-order valence-corrected chi connectivity index (χ2v) is 3.47. The Balaban J connectivity index is 3.23. The van der Waals surface area contributed by atoms with E-state index < -0.39 is 17.5 Å². The average molecular weight is 232 g/mol. The minimum absolute atomic E-state index is 0.0505. The first-order valence-corrected chi connectivity index (χ1v) is 4.40. The van der Waals surface area contributed by atoms with E-state index in [-0.39, 0.29) is 11.4 Å². The molecule has 6 heteroatoms. The van der Waals surface area contributed by atoms with E-state index in [4.69, 9.17) is 10.5 Å². The largest absolute Gasteiger partial charge is 0.507 e. The number of hydrogen-bond acceptors (Lipinski definition) is 2. The first-order chi connectivity index (χ1) is 7.23. The highest BCUT2D eigenvalue weighted by Gasteiger charge is 2.34. The normalized spacial score (nSPS) is 11.3. The highest BCUT2D eigenvalue weighted by molar-refractivity contribution is 5.96. The molecule has 0 heterocycles. The number of amidine groups is 1. The lowest BCUT2D eigenvalue weighted by Crippen LogP contribution is -2.22. The third kappa shape index (κ3) is 2.44. The Morgan fingerprint density at radius 3 is 2.31 bits per heavy atom. The molecule has 0 aromatic heterocycles. The predicted molar refractivity (Wildman–Crippen MR) is 53.6 cm³/mol. The van der Waals surface area contributed by atoms with Gasteiger partial charge in [-0.15, -0.1) is 0 Å². The monoisotopic (exact) mass is 232 g/mol. The van der Waals surface area contributed by atoms with Gasteiger partial charge in [-0.05, 0) is 18.2 Å². The number of alkyl halides is 3. The first kappa shape index (κ1) is 12.4. The number of aromatic hydroxyl groups is 1. The maximum absolute atomic E-state index is 12.4. The summed E-state index contributed by atoms with van der Waals surface area (Å²) in [5.41, 5.74) is -1.02. The van der Waals surface area contributed by atoms with Crippen molar-refractivity contribution >= 4 is 5.84 Å². The van der Waals surface area contributed by atoms with Crippen molar-refractivity contribution in [3.05, 3.63) is 29.3 Å². The Morgan fingerprint density at radius 2 is 1.88 bits per heavy atom. The van der Waals surface area contributed by atoms with E-state index in [1.54, 1.807) is 14.1 Å². The van der Waals surface area contributed by atoms with Gasteiger partial charge in [-0.1, -0.05) is 0 Å². The van der Waals surface area contributed by atoms with Crippen molar-refractivity contribution < 1.29 is 18.3 Å². The molecular formula is C10H11F3N2O. The van der Waals surface area contributed by atoms with Crippen LogP contribution in [0.15, 0.2) is 18.2 Å². The standard InChI is InChI=1S/C10H11F3N2O/c1-15(2)9(14)6-3-4-8(16)7(5-6)10(11,12)13/h3-5,14,16H,1-2H3. The number of phenols is 1. The van der Waals surface area contributed by atoms with Crippen LogP contribution in [0.1, 0.15) is 11.1 Å². The van der Waals surface area contributed by atoms with Gasteiger partial charge in [-0.3, -0.25) is 5.41 Å². The van der Waals surface area contributed by atoms with Gasteiger partial charge in [0, 0.05) is 19.7 Å². The molecule has 0 spiro atoms. The summed E-state index contributed by atoms with van der Waals surface area (Å²) >= 11 is 0. The highest BCUT2D eigenvalue weighted by Crippen LogP contribution is 2.36. The third-order valence-electron chi connectivity index (χ3n) is 2.02. The minimum Gasteiger partial charge on any atom is -0.507 e. The van der Waals surface area contributed by atoms with Gasteiger partial charge in [0.25, 0.3) is 0 Å². The molecule has 3 nitrogen and oxygen atoms in total. The van der Waals surface area contributed by atoms with Crippen LogP contribution < -0.4 is 0 Å². The smallest absolute Gasteiger partial charge is 0.419 e. The summed E-state index contributed by atoms with van der Waals surface area (Å²) in [7, 11) is 3.12. The molecule has 88 valence electrons. The van der Waals surface area contributed by atoms with Crippen LogP contribution in [0, 0.1) is 5.41 Å². The molecule has 0 aliphatic heterocycles. The van der Waals surface area contributed by atoms with Crippen molar-refractivity contribution in [3.63, 3.8) is 0 Å². The lowest BCUT2D eigenvalue weighted by Gasteiger charge is -2.16. The van der Waals surface area contributed by atoms with E-state index in [0.717, 1.165) is 12.1 Å². The topological polar surface area (TPSA) is 47.3 Å². The summed E-state index contributed by atoms with van der Waals surface area (Å²) in [6, 6.07) is 2.97. The number of rotatable bonds is 1. The van der Waals surface area contributed by atoms with Crippen LogP contribution in [0.3, 0.4) is 0 Å². The highest BCUT2D eigenvalue weighted by atomic mass is 19.4. The van der Waals surface area contributed by atoms with Gasteiger partial charge in [0.05, 0.1) is 5.56 Å². The second-order valence-electron chi connectivity index (χ2n) is 3.47. The summed E-state index contributed by atoms with van der Waals surface area (Å²) in [5, 5.41) is 16.6. The third-order valence-corrected chi connectivity index (χ3v) is 2.02. The first-order valence-electron chi connectivity index (χ1n) is 4.40. The number of nitrogens with one attached hydrogen (secondary N) is 1. The number of nitrogens with zero attached hydrogens (tertiary/aromatic N) is 1. The maximum Gasteiger partial charge on any atom is 0.419 e. The molecular weight excluding hydrogens is 221 g/mol. The van der Waals surface area contributed by atoms with Gasteiger partial charge in [-0.25, -0.2) is 0 Å². The lowest BCUT2D eigenvalue weighted by atomic mass is 10.1. The van der Waals surface area contributed by atoms with Crippen LogP contribution in [0.25, 0.3) is 0 Å². The molecule has 0 saturated carbocycles. The fourth-order valence-corrected chi connectivity index (χ4v) is 1.17. The summed E-state index contributed by atoms with van der Waals surface area (Å²) in [6.45, 7) is 0. The van der Waals surface area contributed by atoms with Gasteiger partial charge in [-0.2, -0.15) is 13.2 Å².